The van der Waals surface area contributed by atoms with Crippen LogP contribution in [-0.4, -0.2) is 62.2 Å². The van der Waals surface area contributed by atoms with Crippen LogP contribution in [0, 0.1) is 46.6 Å². The molecule has 8 nitrogen and oxygen atoms in total. The van der Waals surface area contributed by atoms with Crippen LogP contribution in [0.5, 0.6) is 0 Å². The Kier molecular flexibility index (Phi) is 23.6. The quantitative estimate of drug-likeness (QED) is 0.0341. The summed E-state index contributed by atoms with van der Waals surface area (Å²) in [5.74, 6) is 17.5. The highest BCUT2D eigenvalue weighted by atomic mass is 28.3. The molecule has 0 aliphatic heterocycles. The highest BCUT2D eigenvalue weighted by molar-refractivity contribution is 6.84. The molecule has 2 amide bonds. The monoisotopic (exact) mass is 1270 g/mol. The van der Waals surface area contributed by atoms with Crippen LogP contribution >= 0.6 is 0 Å². The molecule has 0 heterocycles. The number of hydrogen-bond acceptors (Lipinski definition) is 4. The van der Waals surface area contributed by atoms with E-state index in [9.17, 15) is 29.4 Å². The van der Waals surface area contributed by atoms with Crippen molar-refractivity contribution >= 4 is 39.9 Å². The van der Waals surface area contributed by atoms with Gasteiger partial charge in [-0.15, -0.1) is 11.1 Å². The van der Waals surface area contributed by atoms with Crippen molar-refractivity contribution < 1.29 is 29.4 Å². The Morgan fingerprint density at radius 3 is 0.957 bits per heavy atom. The van der Waals surface area contributed by atoms with Crippen LogP contribution in [0.2, 0.25) is 39.3 Å². The van der Waals surface area contributed by atoms with E-state index in [2.05, 4.69) is 110 Å². The molecule has 4 N–H and O–H groups in total. The van der Waals surface area contributed by atoms with E-state index in [-0.39, 0.29) is 35.0 Å². The molecular formula is C84H86N2O6Si2. The molecule has 8 aromatic carbocycles. The standard InChI is InChI=1S/C84H86N2O6Si2/c1-9-11-13-15-17-19-23-61-55-73(67-31-27-59(28-32-67)51-53-93(3,4)5)79(83(89)90)75(57-61)69-43-35-63(36-44-69)65-39-47-71(48-40-65)81(87)85-77-25-21-22-26-78(77)86-82(88)72-49-41-66(42-50-72)64-37-45-70(46-38-64)76-58-62(24-20-18-16-14-12-10-2)56-74(80(76)84(91)92)68-33-29-60(30-34-68)52-54-94(6,7)8/h27-50,55-58,77-78H,9-18,21-22,25-26H2,1-8H3,(H,85,87)(H,86,88)(H,89,90)(H,91,92)/t77-,78-/m0/s1. The number of aromatic carboxylic acids is 2. The van der Waals surface area contributed by atoms with Crippen molar-refractivity contribution in [1.29, 1.82) is 0 Å². The number of rotatable bonds is 20. The van der Waals surface area contributed by atoms with Gasteiger partial charge in [-0.3, -0.25) is 9.59 Å². The van der Waals surface area contributed by atoms with Crippen molar-refractivity contribution in [3.8, 4) is 113 Å². The fourth-order valence-corrected chi connectivity index (χ4v) is 12.7. The summed E-state index contributed by atoms with van der Waals surface area (Å²) in [4.78, 5) is 54.4. The van der Waals surface area contributed by atoms with Gasteiger partial charge in [0.05, 0.1) is 11.1 Å². The van der Waals surface area contributed by atoms with Gasteiger partial charge in [-0.1, -0.05) is 237 Å². The van der Waals surface area contributed by atoms with Crippen LogP contribution in [0.15, 0.2) is 170 Å². The molecule has 1 aliphatic rings. The summed E-state index contributed by atoms with van der Waals surface area (Å²) in [5.41, 5.74) is 20.6. The van der Waals surface area contributed by atoms with Crippen molar-refractivity contribution in [2.45, 2.75) is 155 Å². The molecular weight excluding hydrogens is 1190 g/mol. The summed E-state index contributed by atoms with van der Waals surface area (Å²) >= 11 is 0. The van der Waals surface area contributed by atoms with Gasteiger partial charge in [-0.25, -0.2) is 9.59 Å². The molecule has 1 fully saturated rings. The lowest BCUT2D eigenvalue weighted by Gasteiger charge is -2.33. The number of carboxylic acids is 2. The van der Waals surface area contributed by atoms with Crippen molar-refractivity contribution in [3.05, 3.63) is 214 Å². The van der Waals surface area contributed by atoms with Crippen molar-refractivity contribution in [2.75, 3.05) is 0 Å². The number of hydrogen-bond donors (Lipinski definition) is 4. The SMILES string of the molecule is CCCCCCC#Cc1cc(-c2ccc(C#C[Si](C)(C)C)cc2)c(C(=O)O)c(-c2ccc(-c3ccc(C(=O)N[C@H]4CCCC[C@@H]4NC(=O)c4ccc(-c5ccc(-c6cc(C#CCCCCCC)cc(-c7ccc(C#C[Si](C)(C)C)cc7)c6C(=O)O)cc5)cc4)cc3)cc2)c1. The molecule has 0 radical (unpaired) electrons. The first kappa shape index (κ1) is 68.7. The second kappa shape index (κ2) is 32.2. The minimum Gasteiger partial charge on any atom is -0.478 e. The maximum absolute atomic E-state index is 13.9. The molecule has 0 unspecified atom stereocenters. The largest absolute Gasteiger partial charge is 0.478 e. The first-order chi connectivity index (χ1) is 45.2. The van der Waals surface area contributed by atoms with E-state index in [1.807, 2.05) is 170 Å². The van der Waals surface area contributed by atoms with Crippen LogP contribution in [-0.2, 0) is 0 Å². The molecule has 8 aromatic rings. The third kappa shape index (κ3) is 19.0. The molecule has 476 valence electrons. The maximum Gasteiger partial charge on any atom is 0.336 e. The first-order valence-corrected chi connectivity index (χ1v) is 40.3. The number of unbranched alkanes of at least 4 members (excludes halogenated alkanes) is 8. The molecule has 2 atom stereocenters. The van der Waals surface area contributed by atoms with Gasteiger partial charge in [0, 0.05) is 58.3 Å². The number of amides is 2. The number of carbonyl (C=O) groups excluding carboxylic acids is 2. The van der Waals surface area contributed by atoms with Gasteiger partial charge in [0.1, 0.15) is 16.1 Å². The van der Waals surface area contributed by atoms with E-state index in [1.54, 1.807) is 0 Å². The van der Waals surface area contributed by atoms with Crippen LogP contribution in [0.4, 0.5) is 0 Å². The molecule has 0 spiro atoms. The third-order valence-corrected chi connectivity index (χ3v) is 18.5. The summed E-state index contributed by atoms with van der Waals surface area (Å²) in [6.45, 7) is 17.6. The number of nitrogens with one attached hydrogen (secondary N) is 2. The summed E-state index contributed by atoms with van der Waals surface area (Å²) in [5, 5.41) is 28.2. The average Bonchev–Trinajstić information content (AvgIpc) is 0.786. The lowest BCUT2D eigenvalue weighted by atomic mass is 9.88. The van der Waals surface area contributed by atoms with Gasteiger partial charge in [0.25, 0.3) is 11.8 Å². The second-order valence-electron chi connectivity index (χ2n) is 26.6. The molecule has 0 saturated heterocycles. The summed E-state index contributed by atoms with van der Waals surface area (Å²) < 4.78 is 0. The Morgan fingerprint density at radius 2 is 0.670 bits per heavy atom. The normalized spacial score (nSPS) is 13.5. The Labute approximate surface area is 559 Å². The Bertz CT molecular complexity index is 4000. The van der Waals surface area contributed by atoms with Gasteiger partial charge < -0.3 is 20.8 Å². The predicted octanol–water partition coefficient (Wildman–Crippen LogP) is 19.7. The van der Waals surface area contributed by atoms with Crippen molar-refractivity contribution in [3.63, 3.8) is 0 Å². The topological polar surface area (TPSA) is 133 Å². The van der Waals surface area contributed by atoms with Gasteiger partial charge in [-0.2, -0.15) is 0 Å². The Balaban J connectivity index is 0.867. The van der Waals surface area contributed by atoms with Crippen molar-refractivity contribution in [2.24, 2.45) is 0 Å². The van der Waals surface area contributed by atoms with Crippen LogP contribution < -0.4 is 10.6 Å². The zero-order valence-electron chi connectivity index (χ0n) is 55.7. The fourth-order valence-electron chi connectivity index (χ4n) is 11.7. The maximum atomic E-state index is 13.9. The summed E-state index contributed by atoms with van der Waals surface area (Å²) in [6.07, 6.45) is 13.8. The highest BCUT2D eigenvalue weighted by Crippen LogP contribution is 2.38. The van der Waals surface area contributed by atoms with Crippen LogP contribution in [0.3, 0.4) is 0 Å². The van der Waals surface area contributed by atoms with E-state index in [4.69, 9.17) is 0 Å². The summed E-state index contributed by atoms with van der Waals surface area (Å²) in [6, 6.07) is 53.2. The fraction of sp³-hybridized carbons (Fsp3) is 0.286. The van der Waals surface area contributed by atoms with E-state index < -0.39 is 28.1 Å². The van der Waals surface area contributed by atoms with E-state index in [0.717, 1.165) is 144 Å². The number of carbonyl (C=O) groups is 4. The first-order valence-electron chi connectivity index (χ1n) is 33.3. The van der Waals surface area contributed by atoms with Crippen molar-refractivity contribution in [1.82, 2.24) is 10.6 Å². The zero-order valence-corrected chi connectivity index (χ0v) is 57.7. The minimum atomic E-state index is -1.59. The number of benzene rings is 8. The minimum absolute atomic E-state index is 0.205. The molecule has 1 aliphatic carbocycles. The van der Waals surface area contributed by atoms with Gasteiger partial charge in [-0.05, 0) is 165 Å². The van der Waals surface area contributed by atoms with E-state index >= 15 is 0 Å². The third-order valence-electron chi connectivity index (χ3n) is 16.8. The molecule has 10 heteroatoms. The van der Waals surface area contributed by atoms with Crippen LogP contribution in [0.1, 0.15) is 167 Å². The lowest BCUT2D eigenvalue weighted by molar-refractivity contribution is 0.0687. The lowest BCUT2D eigenvalue weighted by Crippen LogP contribution is -2.53. The van der Waals surface area contributed by atoms with Gasteiger partial charge in [0.15, 0.2) is 0 Å². The molecule has 1 saturated carbocycles. The smallest absolute Gasteiger partial charge is 0.336 e. The van der Waals surface area contributed by atoms with Gasteiger partial charge >= 0.3 is 11.9 Å². The molecule has 0 aromatic heterocycles. The number of carboxylic acid groups (broad SMARTS) is 2. The highest BCUT2D eigenvalue weighted by Gasteiger charge is 2.29. The van der Waals surface area contributed by atoms with E-state index in [0.29, 0.717) is 33.4 Å². The Hall–Kier alpha value is -9.69. The predicted molar refractivity (Wildman–Crippen MR) is 392 cm³/mol. The Morgan fingerprint density at radius 1 is 0.383 bits per heavy atom. The second-order valence-corrected chi connectivity index (χ2v) is 36.1. The van der Waals surface area contributed by atoms with Gasteiger partial charge in [0.2, 0.25) is 0 Å². The van der Waals surface area contributed by atoms with Crippen LogP contribution in [0.25, 0.3) is 66.8 Å². The molecule has 94 heavy (non-hydrogen) atoms. The average molecular weight is 1280 g/mol. The summed E-state index contributed by atoms with van der Waals surface area (Å²) in [7, 11) is -3.18. The van der Waals surface area contributed by atoms with E-state index in [1.165, 1.54) is 12.8 Å². The molecule has 0 bridgehead atoms. The zero-order chi connectivity index (χ0) is 66.8. The molecule has 9 rings (SSSR count).